The molecule has 1 aliphatic rings. The average Bonchev–Trinajstić information content (AvgIpc) is 3.02. The van der Waals surface area contributed by atoms with Crippen molar-refractivity contribution in [3.05, 3.63) is 98.9 Å². The van der Waals surface area contributed by atoms with Gasteiger partial charge in [-0.05, 0) is 55.6 Å². The molecule has 5 aromatic rings. The molecule has 3 aromatic carbocycles. The minimum absolute atomic E-state index is 0.218. The standard InChI is InChI=1S/C31H28Cl2N8O2/c1-34-29(42)20-8-6-19(7-9-20)26-27-23(30(43)41(38-26)28-24(32)4-3-5-25(28)33)18-35-31(37-27)36-21-10-12-22(13-11-21)40-16-14-39(2)15-17-40/h3-13,18H,14-17H2,1-2H3,(H,34,42)(H,35,36,37). The van der Waals surface area contributed by atoms with Gasteiger partial charge >= 0.3 is 0 Å². The fourth-order valence-electron chi connectivity index (χ4n) is 5.00. The molecule has 0 radical (unpaired) electrons. The molecule has 0 unspecified atom stereocenters. The molecule has 43 heavy (non-hydrogen) atoms. The Labute approximate surface area is 257 Å². The smallest absolute Gasteiger partial charge is 0.282 e. The molecule has 218 valence electrons. The number of carbonyl (C=O) groups excluding carboxylic acids is 1. The van der Waals surface area contributed by atoms with Gasteiger partial charge in [-0.2, -0.15) is 9.78 Å². The number of halogens is 2. The Morgan fingerprint density at radius 2 is 1.58 bits per heavy atom. The maximum atomic E-state index is 13.7. The number of nitrogens with zero attached hydrogens (tertiary/aromatic N) is 6. The van der Waals surface area contributed by atoms with Gasteiger partial charge in [0, 0.05) is 61.9 Å². The Kier molecular flexibility index (Phi) is 7.98. The molecule has 1 fully saturated rings. The average molecular weight is 616 g/mol. The van der Waals surface area contributed by atoms with Crippen molar-refractivity contribution in [3.8, 4) is 16.9 Å². The molecule has 3 heterocycles. The highest BCUT2D eigenvalue weighted by Gasteiger charge is 2.20. The first-order valence-corrected chi connectivity index (χ1v) is 14.5. The van der Waals surface area contributed by atoms with E-state index in [1.54, 1.807) is 49.5 Å². The summed E-state index contributed by atoms with van der Waals surface area (Å²) in [5.41, 5.74) is 3.59. The summed E-state index contributed by atoms with van der Waals surface area (Å²) < 4.78 is 1.17. The van der Waals surface area contributed by atoms with Crippen LogP contribution < -0.4 is 21.1 Å². The summed E-state index contributed by atoms with van der Waals surface area (Å²) >= 11 is 12.9. The molecule has 1 amide bonds. The van der Waals surface area contributed by atoms with Gasteiger partial charge in [0.1, 0.15) is 16.9 Å². The largest absolute Gasteiger partial charge is 0.369 e. The fourth-order valence-corrected chi connectivity index (χ4v) is 5.55. The molecule has 12 heteroatoms. The van der Waals surface area contributed by atoms with E-state index in [0.717, 1.165) is 37.6 Å². The summed E-state index contributed by atoms with van der Waals surface area (Å²) in [4.78, 5) is 39.7. The van der Waals surface area contributed by atoms with Crippen LogP contribution in [0.15, 0.2) is 77.7 Å². The predicted molar refractivity (Wildman–Crippen MR) is 171 cm³/mol. The van der Waals surface area contributed by atoms with Crippen LogP contribution in [0.5, 0.6) is 0 Å². The van der Waals surface area contributed by atoms with Crippen LogP contribution in [0.25, 0.3) is 27.8 Å². The highest BCUT2D eigenvalue weighted by molar-refractivity contribution is 6.37. The van der Waals surface area contributed by atoms with Gasteiger partial charge in [0.2, 0.25) is 5.95 Å². The zero-order chi connectivity index (χ0) is 30.1. The van der Waals surface area contributed by atoms with Crippen LogP contribution in [0.4, 0.5) is 17.3 Å². The van der Waals surface area contributed by atoms with Crippen LogP contribution in [-0.4, -0.2) is 70.8 Å². The van der Waals surface area contributed by atoms with Crippen LogP contribution in [0.1, 0.15) is 10.4 Å². The summed E-state index contributed by atoms with van der Waals surface area (Å²) in [7, 11) is 3.70. The third-order valence-corrected chi connectivity index (χ3v) is 8.03. The summed E-state index contributed by atoms with van der Waals surface area (Å²) in [5, 5.41) is 11.3. The SMILES string of the molecule is CNC(=O)c1ccc(-c2nn(-c3c(Cl)cccc3Cl)c(=O)c3cnc(Nc4ccc(N5CCN(C)CC5)cc4)nc23)cc1. The molecule has 1 aliphatic heterocycles. The van der Waals surface area contributed by atoms with E-state index in [0.29, 0.717) is 28.3 Å². The second-order valence-corrected chi connectivity index (χ2v) is 11.0. The third-order valence-electron chi connectivity index (χ3n) is 7.42. The van der Waals surface area contributed by atoms with Gasteiger partial charge in [0.15, 0.2) is 0 Å². The van der Waals surface area contributed by atoms with E-state index in [-0.39, 0.29) is 27.0 Å². The maximum Gasteiger partial charge on any atom is 0.282 e. The summed E-state index contributed by atoms with van der Waals surface area (Å²) in [6.07, 6.45) is 1.47. The van der Waals surface area contributed by atoms with Crippen molar-refractivity contribution in [1.29, 1.82) is 0 Å². The van der Waals surface area contributed by atoms with Gasteiger partial charge in [0.05, 0.1) is 15.4 Å². The number of likely N-dealkylation sites (N-methyl/N-ethyl adjacent to an activating group) is 1. The number of aromatic nitrogens is 4. The molecule has 0 aliphatic carbocycles. The van der Waals surface area contributed by atoms with Crippen LogP contribution >= 0.6 is 23.2 Å². The lowest BCUT2D eigenvalue weighted by atomic mass is 10.1. The molecule has 0 saturated carbocycles. The first-order valence-electron chi connectivity index (χ1n) is 13.7. The topological polar surface area (TPSA) is 108 Å². The highest BCUT2D eigenvalue weighted by Crippen LogP contribution is 2.30. The van der Waals surface area contributed by atoms with Crippen molar-refractivity contribution >= 4 is 57.3 Å². The molecule has 2 N–H and O–H groups in total. The number of rotatable bonds is 6. The lowest BCUT2D eigenvalue weighted by Crippen LogP contribution is -2.44. The number of nitrogens with one attached hydrogen (secondary N) is 2. The number of para-hydroxylation sites is 1. The highest BCUT2D eigenvalue weighted by atomic mass is 35.5. The first-order chi connectivity index (χ1) is 20.8. The summed E-state index contributed by atoms with van der Waals surface area (Å²) in [6.45, 7) is 4.02. The number of piperazine rings is 1. The van der Waals surface area contributed by atoms with Gasteiger partial charge < -0.3 is 20.4 Å². The number of benzene rings is 3. The fraction of sp³-hybridized carbons (Fsp3) is 0.194. The maximum absolute atomic E-state index is 13.7. The molecule has 0 spiro atoms. The number of fused-ring (bicyclic) bond motifs is 1. The van der Waals surface area contributed by atoms with Crippen LogP contribution in [-0.2, 0) is 0 Å². The van der Waals surface area contributed by atoms with E-state index in [1.807, 2.05) is 12.1 Å². The third kappa shape index (κ3) is 5.77. The quantitative estimate of drug-likeness (QED) is 0.275. The van der Waals surface area contributed by atoms with E-state index in [1.165, 1.54) is 10.9 Å². The zero-order valence-corrected chi connectivity index (χ0v) is 25.0. The van der Waals surface area contributed by atoms with Crippen molar-refractivity contribution in [2.75, 3.05) is 50.5 Å². The second kappa shape index (κ2) is 12.0. The molecule has 6 rings (SSSR count). The van der Waals surface area contributed by atoms with E-state index in [9.17, 15) is 9.59 Å². The number of hydrogen-bond donors (Lipinski definition) is 2. The van der Waals surface area contributed by atoms with Gasteiger partial charge in [-0.25, -0.2) is 9.97 Å². The molecule has 2 aromatic heterocycles. The van der Waals surface area contributed by atoms with Crippen molar-refractivity contribution in [2.45, 2.75) is 0 Å². The number of carbonyl (C=O) groups is 1. The van der Waals surface area contributed by atoms with Crippen LogP contribution in [0.3, 0.4) is 0 Å². The van der Waals surface area contributed by atoms with Crippen molar-refractivity contribution in [2.24, 2.45) is 0 Å². The monoisotopic (exact) mass is 614 g/mol. The van der Waals surface area contributed by atoms with E-state index in [4.69, 9.17) is 28.2 Å². The normalized spacial score (nSPS) is 13.7. The number of hydrogen-bond acceptors (Lipinski definition) is 8. The Hall–Kier alpha value is -4.51. The van der Waals surface area contributed by atoms with Crippen molar-refractivity contribution in [1.82, 2.24) is 30.0 Å². The van der Waals surface area contributed by atoms with Crippen molar-refractivity contribution < 1.29 is 4.79 Å². The lowest BCUT2D eigenvalue weighted by molar-refractivity contribution is 0.0963. The first kappa shape index (κ1) is 28.6. The molecular formula is C31H28Cl2N8O2. The second-order valence-electron chi connectivity index (χ2n) is 10.2. The predicted octanol–water partition coefficient (Wildman–Crippen LogP) is 5.00. The summed E-state index contributed by atoms with van der Waals surface area (Å²) in [5.74, 6) is 0.0856. The molecule has 0 atom stereocenters. The Bertz CT molecular complexity index is 1850. The van der Waals surface area contributed by atoms with Crippen molar-refractivity contribution in [3.63, 3.8) is 0 Å². The van der Waals surface area contributed by atoms with Gasteiger partial charge in [-0.3, -0.25) is 9.59 Å². The van der Waals surface area contributed by atoms with E-state index in [2.05, 4.69) is 49.7 Å². The zero-order valence-electron chi connectivity index (χ0n) is 23.5. The Balaban J connectivity index is 1.42. The molecule has 1 saturated heterocycles. The molecule has 10 nitrogen and oxygen atoms in total. The number of anilines is 3. The molecule has 0 bridgehead atoms. The molecular weight excluding hydrogens is 587 g/mol. The van der Waals surface area contributed by atoms with Crippen LogP contribution in [0, 0.1) is 0 Å². The lowest BCUT2D eigenvalue weighted by Gasteiger charge is -2.34. The van der Waals surface area contributed by atoms with Gasteiger partial charge in [0.25, 0.3) is 11.5 Å². The van der Waals surface area contributed by atoms with Gasteiger partial charge in [-0.1, -0.05) is 41.4 Å². The Morgan fingerprint density at radius 3 is 2.23 bits per heavy atom. The summed E-state index contributed by atoms with van der Waals surface area (Å²) in [6, 6.07) is 19.9. The van der Waals surface area contributed by atoms with Crippen LogP contribution in [0.2, 0.25) is 10.0 Å². The minimum atomic E-state index is -0.473. The number of amides is 1. The minimum Gasteiger partial charge on any atom is -0.369 e. The Morgan fingerprint density at radius 1 is 0.907 bits per heavy atom. The van der Waals surface area contributed by atoms with E-state index >= 15 is 0 Å². The van der Waals surface area contributed by atoms with E-state index < -0.39 is 5.56 Å². The van der Waals surface area contributed by atoms with Gasteiger partial charge in [-0.15, -0.1) is 0 Å².